The maximum Gasteiger partial charge on any atom is 0.269 e. The fourth-order valence-corrected chi connectivity index (χ4v) is 9.23. The molecule has 6 rings (SSSR count). The standard InChI is InChI=1S/C27H23N3O2S4/c1-5-32-17-11-12-20-19(13-17)22-23(35-36-26(22)33)27(3,4)29(20)24(31)21-14-18-15(2)28-30(25(18)34-21)16-9-7-6-8-10-16/h6-14H,5H2,1-4H3. The molecule has 1 aliphatic rings. The van der Waals surface area contributed by atoms with Crippen LogP contribution in [0.2, 0.25) is 0 Å². The van der Waals surface area contributed by atoms with Crippen molar-refractivity contribution in [3.8, 4) is 22.6 Å². The van der Waals surface area contributed by atoms with Crippen molar-refractivity contribution in [1.29, 1.82) is 0 Å². The first-order chi connectivity index (χ1) is 17.3. The van der Waals surface area contributed by atoms with E-state index in [-0.39, 0.29) is 5.91 Å². The minimum absolute atomic E-state index is 0.0272. The number of anilines is 1. The van der Waals surface area contributed by atoms with Crippen LogP contribution in [-0.2, 0) is 5.54 Å². The van der Waals surface area contributed by atoms with Gasteiger partial charge in [0, 0.05) is 16.5 Å². The number of amides is 1. The first-order valence-electron chi connectivity index (χ1n) is 11.6. The highest BCUT2D eigenvalue weighted by molar-refractivity contribution is 7.80. The molecule has 0 atom stereocenters. The van der Waals surface area contributed by atoms with Gasteiger partial charge in [0.2, 0.25) is 0 Å². The van der Waals surface area contributed by atoms with Gasteiger partial charge in [-0.2, -0.15) is 5.10 Å². The average Bonchev–Trinajstić information content (AvgIpc) is 3.55. The fourth-order valence-electron chi connectivity index (χ4n) is 4.84. The Kier molecular flexibility index (Phi) is 5.64. The molecule has 2 aromatic carbocycles. The fraction of sp³-hybridized carbons (Fsp3) is 0.222. The Labute approximate surface area is 225 Å². The van der Waals surface area contributed by atoms with Crippen molar-refractivity contribution in [2.45, 2.75) is 33.2 Å². The van der Waals surface area contributed by atoms with Crippen molar-refractivity contribution in [2.24, 2.45) is 0 Å². The zero-order chi connectivity index (χ0) is 25.2. The minimum Gasteiger partial charge on any atom is -0.494 e. The van der Waals surface area contributed by atoms with Gasteiger partial charge in [0.05, 0.1) is 39.0 Å². The second-order valence-electron chi connectivity index (χ2n) is 9.13. The van der Waals surface area contributed by atoms with E-state index in [0.29, 0.717) is 11.5 Å². The van der Waals surface area contributed by atoms with Gasteiger partial charge < -0.3 is 4.74 Å². The van der Waals surface area contributed by atoms with Gasteiger partial charge in [0.25, 0.3) is 5.91 Å². The first-order valence-corrected chi connectivity index (χ1v) is 15.0. The summed E-state index contributed by atoms with van der Waals surface area (Å²) >= 11 is 7.23. The van der Waals surface area contributed by atoms with Crippen molar-refractivity contribution in [1.82, 2.24) is 9.78 Å². The Morgan fingerprint density at radius 2 is 1.89 bits per heavy atom. The van der Waals surface area contributed by atoms with Crippen molar-refractivity contribution < 1.29 is 9.53 Å². The van der Waals surface area contributed by atoms with Crippen LogP contribution in [0, 0.1) is 10.7 Å². The molecule has 0 radical (unpaired) electrons. The number of thiophene rings is 1. The topological polar surface area (TPSA) is 47.4 Å². The van der Waals surface area contributed by atoms with Crippen molar-refractivity contribution in [2.75, 3.05) is 11.5 Å². The molecule has 0 saturated heterocycles. The zero-order valence-electron chi connectivity index (χ0n) is 20.2. The predicted octanol–water partition coefficient (Wildman–Crippen LogP) is 8.21. The molecule has 3 aromatic heterocycles. The van der Waals surface area contributed by atoms with E-state index >= 15 is 0 Å². The van der Waals surface area contributed by atoms with Crippen molar-refractivity contribution >= 4 is 66.0 Å². The molecule has 36 heavy (non-hydrogen) atoms. The number of nitrogens with zero attached hydrogens (tertiary/aromatic N) is 3. The number of hydrogen-bond donors (Lipinski definition) is 0. The predicted molar refractivity (Wildman–Crippen MR) is 153 cm³/mol. The summed E-state index contributed by atoms with van der Waals surface area (Å²) in [5, 5.41) is 5.74. The maximum absolute atomic E-state index is 14.3. The summed E-state index contributed by atoms with van der Waals surface area (Å²) in [7, 11) is 3.25. The lowest BCUT2D eigenvalue weighted by Crippen LogP contribution is -2.47. The van der Waals surface area contributed by atoms with Gasteiger partial charge in [-0.25, -0.2) is 4.68 Å². The van der Waals surface area contributed by atoms with Crippen molar-refractivity contribution in [3.05, 3.63) is 73.9 Å². The van der Waals surface area contributed by atoms with Gasteiger partial charge in [-0.05, 0) is 64.1 Å². The third kappa shape index (κ3) is 3.48. The van der Waals surface area contributed by atoms with E-state index in [0.717, 1.165) is 52.9 Å². The minimum atomic E-state index is -0.554. The molecule has 0 fully saturated rings. The molecule has 1 aliphatic heterocycles. The average molecular weight is 550 g/mol. The normalized spacial score (nSPS) is 14.1. The lowest BCUT2D eigenvalue weighted by molar-refractivity contribution is 0.0965. The van der Waals surface area contributed by atoms with Gasteiger partial charge in [-0.1, -0.05) is 51.1 Å². The molecule has 0 unspecified atom stereocenters. The Morgan fingerprint density at radius 1 is 1.11 bits per heavy atom. The number of benzene rings is 2. The lowest BCUT2D eigenvalue weighted by atomic mass is 9.87. The van der Waals surface area contributed by atoms with Gasteiger partial charge in [0.1, 0.15) is 14.4 Å². The van der Waals surface area contributed by atoms with E-state index < -0.39 is 5.54 Å². The molecule has 0 spiro atoms. The maximum atomic E-state index is 14.3. The Balaban J connectivity index is 1.51. The number of ether oxygens (including phenoxy) is 1. The third-order valence-corrected chi connectivity index (χ3v) is 10.9. The number of aryl methyl sites for hydroxylation is 1. The molecular formula is C27H23N3O2S4. The van der Waals surface area contributed by atoms with E-state index in [1.54, 1.807) is 20.7 Å². The number of fused-ring (bicyclic) bond motifs is 4. The summed E-state index contributed by atoms with van der Waals surface area (Å²) in [6.07, 6.45) is 0. The molecule has 5 aromatic rings. The van der Waals surface area contributed by atoms with Crippen LogP contribution in [0.15, 0.2) is 54.6 Å². The summed E-state index contributed by atoms with van der Waals surface area (Å²) in [4.78, 5) is 19.0. The molecule has 0 saturated carbocycles. The number of carbonyl (C=O) groups is 1. The molecule has 0 bridgehead atoms. The monoisotopic (exact) mass is 549 g/mol. The zero-order valence-corrected chi connectivity index (χ0v) is 23.5. The molecular weight excluding hydrogens is 527 g/mol. The molecule has 0 aliphatic carbocycles. The summed E-state index contributed by atoms with van der Waals surface area (Å²) in [6.45, 7) is 8.74. The van der Waals surface area contributed by atoms with Crippen LogP contribution in [0.25, 0.3) is 27.0 Å². The van der Waals surface area contributed by atoms with Gasteiger partial charge >= 0.3 is 0 Å². The van der Waals surface area contributed by atoms with Crippen LogP contribution in [-0.4, -0.2) is 22.3 Å². The van der Waals surface area contributed by atoms with E-state index in [9.17, 15) is 4.79 Å². The Hall–Kier alpha value is -2.85. The van der Waals surface area contributed by atoms with Gasteiger partial charge in [-0.3, -0.25) is 9.69 Å². The highest BCUT2D eigenvalue weighted by Gasteiger charge is 2.44. The number of carbonyl (C=O) groups excluding carboxylic acids is 1. The summed E-state index contributed by atoms with van der Waals surface area (Å²) in [6, 6.07) is 18.0. The number of aromatic nitrogens is 2. The van der Waals surface area contributed by atoms with E-state index in [1.165, 1.54) is 11.3 Å². The number of hydrogen-bond acceptors (Lipinski definition) is 7. The molecule has 4 heterocycles. The van der Waals surface area contributed by atoms with Crippen LogP contribution >= 0.6 is 44.2 Å². The quantitative estimate of drug-likeness (QED) is 0.167. The summed E-state index contributed by atoms with van der Waals surface area (Å²) < 4.78 is 8.58. The summed E-state index contributed by atoms with van der Waals surface area (Å²) in [5.41, 5.74) is 4.20. The molecule has 9 heteroatoms. The SMILES string of the molecule is CCOc1ccc2c(c1)-c1c(ssc1=S)C(C)(C)N2C(=O)c1cc2c(C)nn(-c3ccccc3)c2s1. The van der Waals surface area contributed by atoms with E-state index in [4.69, 9.17) is 22.1 Å². The number of rotatable bonds is 4. The van der Waals surface area contributed by atoms with E-state index in [1.807, 2.05) is 78.0 Å². The Morgan fingerprint density at radius 3 is 2.64 bits per heavy atom. The number of para-hydroxylation sites is 1. The van der Waals surface area contributed by atoms with Crippen LogP contribution in [0.4, 0.5) is 5.69 Å². The van der Waals surface area contributed by atoms with Crippen LogP contribution < -0.4 is 9.64 Å². The second-order valence-corrected chi connectivity index (χ2v) is 13.0. The highest BCUT2D eigenvalue weighted by Crippen LogP contribution is 2.53. The highest BCUT2D eigenvalue weighted by atomic mass is 32.9. The van der Waals surface area contributed by atoms with E-state index in [2.05, 4.69) is 13.8 Å². The van der Waals surface area contributed by atoms with Crippen LogP contribution in [0.1, 0.15) is 41.0 Å². The Bertz CT molecular complexity index is 1690. The molecule has 0 N–H and O–H groups in total. The third-order valence-electron chi connectivity index (χ3n) is 6.50. The van der Waals surface area contributed by atoms with Crippen molar-refractivity contribution in [3.63, 3.8) is 0 Å². The molecule has 182 valence electrons. The van der Waals surface area contributed by atoms with Gasteiger partial charge in [0.15, 0.2) is 0 Å². The van der Waals surface area contributed by atoms with Gasteiger partial charge in [-0.15, -0.1) is 11.3 Å². The molecule has 5 nitrogen and oxygen atoms in total. The summed E-state index contributed by atoms with van der Waals surface area (Å²) in [5.74, 6) is 0.751. The smallest absolute Gasteiger partial charge is 0.269 e. The first kappa shape index (κ1) is 23.5. The second kappa shape index (κ2) is 8.62. The largest absolute Gasteiger partial charge is 0.494 e. The lowest BCUT2D eigenvalue weighted by Gasteiger charge is -2.42. The van der Waals surface area contributed by atoms with Crippen LogP contribution in [0.5, 0.6) is 5.75 Å². The molecule has 1 amide bonds. The van der Waals surface area contributed by atoms with Crippen LogP contribution in [0.3, 0.4) is 0 Å².